The Morgan fingerprint density at radius 2 is 1.53 bits per heavy atom. The average molecular weight is 225 g/mol. The molecule has 0 saturated carbocycles. The molecule has 3 rings (SSSR count). The lowest BCUT2D eigenvalue weighted by Gasteiger charge is -1.93. The Morgan fingerprint density at radius 1 is 0.824 bits per heavy atom. The van der Waals surface area contributed by atoms with Gasteiger partial charge in [0.1, 0.15) is 5.75 Å². The Balaban J connectivity index is 0.000000128. The third kappa shape index (κ3) is 3.11. The molecule has 0 aliphatic rings. The molecule has 0 atom stereocenters. The van der Waals surface area contributed by atoms with Crippen molar-refractivity contribution in [3.05, 3.63) is 66.9 Å². The van der Waals surface area contributed by atoms with Gasteiger partial charge in [0, 0.05) is 11.7 Å². The van der Waals surface area contributed by atoms with Crippen LogP contribution in [-0.4, -0.2) is 12.1 Å². The van der Waals surface area contributed by atoms with Gasteiger partial charge < -0.3 is 9.72 Å². The monoisotopic (exact) mass is 225 g/mol. The van der Waals surface area contributed by atoms with Crippen LogP contribution in [0.1, 0.15) is 0 Å². The number of rotatable bonds is 1. The maximum Gasteiger partial charge on any atom is 0.118 e. The second kappa shape index (κ2) is 5.75. The number of ether oxygens (including phenoxy) is 1. The number of fused-ring (bicyclic) bond motifs is 1. The summed E-state index contributed by atoms with van der Waals surface area (Å²) in [5, 5.41) is 1.28. The molecule has 0 fully saturated rings. The van der Waals surface area contributed by atoms with Crippen LogP contribution in [0.2, 0.25) is 0 Å². The van der Waals surface area contributed by atoms with E-state index < -0.39 is 0 Å². The fourth-order valence-corrected chi connectivity index (χ4v) is 1.55. The quantitative estimate of drug-likeness (QED) is 0.668. The molecule has 0 unspecified atom stereocenters. The standard InChI is InChI=1S/C8H7N.C7H8O/c1-2-4-8-7(3-1)5-6-9-8;1-8-7-5-3-2-4-6-7/h1-6,9H;2-6H,1H3. The first-order valence-corrected chi connectivity index (χ1v) is 5.51. The minimum Gasteiger partial charge on any atom is -0.497 e. The van der Waals surface area contributed by atoms with Gasteiger partial charge in [-0.3, -0.25) is 0 Å². The molecule has 86 valence electrons. The summed E-state index contributed by atoms with van der Waals surface area (Å²) in [5.41, 5.74) is 1.21. The van der Waals surface area contributed by atoms with Gasteiger partial charge >= 0.3 is 0 Å². The fourth-order valence-electron chi connectivity index (χ4n) is 1.55. The second-order valence-corrected chi connectivity index (χ2v) is 3.58. The number of para-hydroxylation sites is 2. The Hall–Kier alpha value is -2.22. The maximum atomic E-state index is 4.91. The van der Waals surface area contributed by atoms with Gasteiger partial charge in [0.2, 0.25) is 0 Å². The van der Waals surface area contributed by atoms with Gasteiger partial charge in [-0.05, 0) is 29.7 Å². The highest BCUT2D eigenvalue weighted by atomic mass is 16.5. The van der Waals surface area contributed by atoms with E-state index in [1.807, 2.05) is 48.7 Å². The van der Waals surface area contributed by atoms with Crippen molar-refractivity contribution >= 4 is 10.9 Å². The molecule has 2 heteroatoms. The first-order valence-electron chi connectivity index (χ1n) is 5.51. The first-order chi connectivity index (χ1) is 8.40. The predicted molar refractivity (Wildman–Crippen MR) is 71.3 cm³/mol. The molecule has 0 spiro atoms. The van der Waals surface area contributed by atoms with Crippen molar-refractivity contribution in [2.75, 3.05) is 7.11 Å². The number of hydrogen-bond donors (Lipinski definition) is 1. The largest absolute Gasteiger partial charge is 0.497 e. The number of aromatic amines is 1. The number of hydrogen-bond acceptors (Lipinski definition) is 1. The average Bonchev–Trinajstić information content (AvgIpc) is 2.89. The zero-order valence-electron chi connectivity index (χ0n) is 9.76. The molecule has 0 saturated heterocycles. The van der Waals surface area contributed by atoms with Crippen molar-refractivity contribution in [3.8, 4) is 5.75 Å². The van der Waals surface area contributed by atoms with E-state index in [1.54, 1.807) is 7.11 Å². The third-order valence-corrected chi connectivity index (χ3v) is 2.44. The van der Waals surface area contributed by atoms with E-state index in [1.165, 1.54) is 10.9 Å². The van der Waals surface area contributed by atoms with Gasteiger partial charge in [0.15, 0.2) is 0 Å². The smallest absolute Gasteiger partial charge is 0.118 e. The third-order valence-electron chi connectivity index (χ3n) is 2.44. The Labute approximate surface area is 101 Å². The van der Waals surface area contributed by atoms with Crippen molar-refractivity contribution in [3.63, 3.8) is 0 Å². The highest BCUT2D eigenvalue weighted by molar-refractivity contribution is 5.78. The topological polar surface area (TPSA) is 25.0 Å². The van der Waals surface area contributed by atoms with Gasteiger partial charge in [-0.15, -0.1) is 0 Å². The van der Waals surface area contributed by atoms with Gasteiger partial charge in [0.05, 0.1) is 7.11 Å². The number of aromatic nitrogens is 1. The van der Waals surface area contributed by atoms with Crippen LogP contribution in [0.5, 0.6) is 5.75 Å². The van der Waals surface area contributed by atoms with E-state index in [4.69, 9.17) is 4.74 Å². The summed E-state index contributed by atoms with van der Waals surface area (Å²) < 4.78 is 4.91. The van der Waals surface area contributed by atoms with E-state index in [-0.39, 0.29) is 0 Å². The Bertz CT molecular complexity index is 527. The lowest BCUT2D eigenvalue weighted by atomic mass is 10.3. The van der Waals surface area contributed by atoms with Gasteiger partial charge in [0.25, 0.3) is 0 Å². The first kappa shape index (κ1) is 11.3. The minimum atomic E-state index is 0.910. The van der Waals surface area contributed by atoms with E-state index in [2.05, 4.69) is 23.2 Å². The summed E-state index contributed by atoms with van der Waals surface area (Å²) in [6.07, 6.45) is 1.95. The zero-order chi connectivity index (χ0) is 11.9. The maximum absolute atomic E-state index is 4.91. The molecule has 1 N–H and O–H groups in total. The number of nitrogens with one attached hydrogen (secondary N) is 1. The molecule has 0 amide bonds. The van der Waals surface area contributed by atoms with Crippen molar-refractivity contribution in [2.45, 2.75) is 0 Å². The molecule has 3 aromatic rings. The lowest BCUT2D eigenvalue weighted by Crippen LogP contribution is -1.78. The Morgan fingerprint density at radius 3 is 2.18 bits per heavy atom. The van der Waals surface area contributed by atoms with Gasteiger partial charge in [-0.1, -0.05) is 36.4 Å². The summed E-state index contributed by atoms with van der Waals surface area (Å²) in [6, 6.07) is 20.0. The van der Waals surface area contributed by atoms with Crippen LogP contribution in [0.4, 0.5) is 0 Å². The number of methoxy groups -OCH3 is 1. The van der Waals surface area contributed by atoms with E-state index in [9.17, 15) is 0 Å². The van der Waals surface area contributed by atoms with E-state index >= 15 is 0 Å². The molecule has 0 bridgehead atoms. The fraction of sp³-hybridized carbons (Fsp3) is 0.0667. The van der Waals surface area contributed by atoms with Crippen molar-refractivity contribution in [2.24, 2.45) is 0 Å². The van der Waals surface area contributed by atoms with Crippen molar-refractivity contribution in [1.29, 1.82) is 0 Å². The molecule has 17 heavy (non-hydrogen) atoms. The normalized spacial score (nSPS) is 9.47. The zero-order valence-corrected chi connectivity index (χ0v) is 9.76. The molecular weight excluding hydrogens is 210 g/mol. The summed E-state index contributed by atoms with van der Waals surface area (Å²) in [4.78, 5) is 3.12. The van der Waals surface area contributed by atoms with Gasteiger partial charge in [-0.25, -0.2) is 0 Å². The van der Waals surface area contributed by atoms with E-state index in [0.717, 1.165) is 5.75 Å². The van der Waals surface area contributed by atoms with Crippen LogP contribution in [-0.2, 0) is 0 Å². The highest BCUT2D eigenvalue weighted by Gasteiger charge is 1.86. The lowest BCUT2D eigenvalue weighted by molar-refractivity contribution is 0.415. The SMILES string of the molecule is COc1ccccc1.c1ccc2[nH]ccc2c1. The molecular formula is C15H15NO. The highest BCUT2D eigenvalue weighted by Crippen LogP contribution is 2.09. The summed E-state index contributed by atoms with van der Waals surface area (Å²) >= 11 is 0. The van der Waals surface area contributed by atoms with Crippen LogP contribution in [0, 0.1) is 0 Å². The van der Waals surface area contributed by atoms with Crippen LogP contribution in [0.25, 0.3) is 10.9 Å². The molecule has 0 aliphatic heterocycles. The molecule has 2 nitrogen and oxygen atoms in total. The van der Waals surface area contributed by atoms with Crippen molar-refractivity contribution in [1.82, 2.24) is 4.98 Å². The second-order valence-electron chi connectivity index (χ2n) is 3.58. The van der Waals surface area contributed by atoms with Crippen LogP contribution < -0.4 is 4.74 Å². The molecule has 2 aromatic carbocycles. The number of H-pyrrole nitrogens is 1. The summed E-state index contributed by atoms with van der Waals surface area (Å²) in [5.74, 6) is 0.910. The van der Waals surface area contributed by atoms with Crippen LogP contribution in [0.15, 0.2) is 66.9 Å². The summed E-state index contributed by atoms with van der Waals surface area (Å²) in [6.45, 7) is 0. The molecule has 1 aromatic heterocycles. The Kier molecular flexibility index (Phi) is 3.81. The van der Waals surface area contributed by atoms with Crippen molar-refractivity contribution < 1.29 is 4.74 Å². The van der Waals surface area contributed by atoms with Crippen LogP contribution >= 0.6 is 0 Å². The predicted octanol–water partition coefficient (Wildman–Crippen LogP) is 3.86. The molecule has 1 heterocycles. The van der Waals surface area contributed by atoms with Crippen LogP contribution in [0.3, 0.4) is 0 Å². The summed E-state index contributed by atoms with van der Waals surface area (Å²) in [7, 11) is 1.66. The minimum absolute atomic E-state index is 0.910. The molecule has 0 aliphatic carbocycles. The number of benzene rings is 2. The van der Waals surface area contributed by atoms with Gasteiger partial charge in [-0.2, -0.15) is 0 Å². The van der Waals surface area contributed by atoms with E-state index in [0.29, 0.717) is 0 Å². The molecule has 0 radical (unpaired) electrons.